The summed E-state index contributed by atoms with van der Waals surface area (Å²) in [6.45, 7) is 1.97. The molecule has 1 aromatic heterocycles. The highest BCUT2D eigenvalue weighted by Crippen LogP contribution is 2.18. The van der Waals surface area contributed by atoms with Crippen LogP contribution in [0.15, 0.2) is 42.0 Å². The highest BCUT2D eigenvalue weighted by Gasteiger charge is 2.17. The van der Waals surface area contributed by atoms with E-state index in [1.807, 2.05) is 43.3 Å². The molecule has 1 aliphatic carbocycles. The first-order chi connectivity index (χ1) is 8.24. The van der Waals surface area contributed by atoms with Crippen LogP contribution in [-0.2, 0) is 4.79 Å². The average Bonchev–Trinajstić information content (AvgIpc) is 2.75. The van der Waals surface area contributed by atoms with Crippen LogP contribution in [0.3, 0.4) is 0 Å². The number of carbonyl (C=O) groups excluding carboxylic acids is 1. The molecule has 17 heavy (non-hydrogen) atoms. The lowest BCUT2D eigenvalue weighted by Crippen LogP contribution is -2.13. The lowest BCUT2D eigenvalue weighted by Gasteiger charge is -2.08. The van der Waals surface area contributed by atoms with Crippen LogP contribution in [0.25, 0.3) is 16.7 Å². The zero-order valence-corrected chi connectivity index (χ0v) is 9.42. The summed E-state index contributed by atoms with van der Waals surface area (Å²) < 4.78 is 0. The van der Waals surface area contributed by atoms with E-state index in [-0.39, 0.29) is 5.78 Å². The maximum atomic E-state index is 11.8. The zero-order chi connectivity index (χ0) is 11.8. The Morgan fingerprint density at radius 1 is 1.18 bits per heavy atom. The van der Waals surface area contributed by atoms with Gasteiger partial charge in [-0.2, -0.15) is 0 Å². The van der Waals surface area contributed by atoms with Crippen LogP contribution < -0.4 is 0 Å². The van der Waals surface area contributed by atoms with Crippen molar-refractivity contribution >= 4 is 22.5 Å². The molecule has 0 fully saturated rings. The van der Waals surface area contributed by atoms with Crippen molar-refractivity contribution in [1.82, 2.24) is 15.0 Å². The topological polar surface area (TPSA) is 47.8 Å². The van der Waals surface area contributed by atoms with Crippen molar-refractivity contribution in [2.45, 2.75) is 13.3 Å². The monoisotopic (exact) mass is 225 g/mol. The SMILES string of the molecule is CC1=CCC(=O)C(n2nc3ccccc3n2)=C1. The fourth-order valence-electron chi connectivity index (χ4n) is 1.85. The minimum absolute atomic E-state index is 0.0518. The van der Waals surface area contributed by atoms with E-state index < -0.39 is 0 Å². The summed E-state index contributed by atoms with van der Waals surface area (Å²) in [6.07, 6.45) is 4.16. The number of rotatable bonds is 1. The van der Waals surface area contributed by atoms with Crippen molar-refractivity contribution in [2.75, 3.05) is 0 Å². The number of fused-ring (bicyclic) bond motifs is 1. The van der Waals surface area contributed by atoms with Crippen LogP contribution in [0, 0.1) is 0 Å². The van der Waals surface area contributed by atoms with Gasteiger partial charge in [0.1, 0.15) is 16.7 Å². The van der Waals surface area contributed by atoms with Gasteiger partial charge in [-0.15, -0.1) is 15.0 Å². The second-order valence-electron chi connectivity index (χ2n) is 4.08. The predicted molar refractivity (Wildman–Crippen MR) is 65.2 cm³/mol. The molecule has 1 heterocycles. The molecule has 0 amide bonds. The van der Waals surface area contributed by atoms with Gasteiger partial charge in [0.25, 0.3) is 0 Å². The molecule has 4 heteroatoms. The summed E-state index contributed by atoms with van der Waals surface area (Å²) in [5, 5.41) is 8.62. The molecule has 1 aliphatic rings. The maximum Gasteiger partial charge on any atom is 0.186 e. The van der Waals surface area contributed by atoms with Crippen LogP contribution >= 0.6 is 0 Å². The maximum absolute atomic E-state index is 11.8. The van der Waals surface area contributed by atoms with Crippen molar-refractivity contribution in [3.05, 3.63) is 42.0 Å². The fraction of sp³-hybridized carbons (Fsp3) is 0.154. The smallest absolute Gasteiger partial charge is 0.186 e. The highest BCUT2D eigenvalue weighted by molar-refractivity contribution is 6.16. The third kappa shape index (κ3) is 1.67. The Bertz CT molecular complexity index is 631. The summed E-state index contributed by atoms with van der Waals surface area (Å²) in [7, 11) is 0. The molecular formula is C13H11N3O. The minimum Gasteiger partial charge on any atom is -0.292 e. The average molecular weight is 225 g/mol. The second kappa shape index (κ2) is 3.66. The van der Waals surface area contributed by atoms with E-state index in [0.29, 0.717) is 12.1 Å². The molecule has 1 aromatic carbocycles. The van der Waals surface area contributed by atoms with Gasteiger partial charge in [-0.05, 0) is 25.1 Å². The summed E-state index contributed by atoms with van der Waals surface area (Å²) in [5.74, 6) is 0.0518. The Hall–Kier alpha value is -2.23. The number of allylic oxidation sites excluding steroid dienone is 4. The quantitative estimate of drug-likeness (QED) is 0.747. The van der Waals surface area contributed by atoms with Gasteiger partial charge in [0, 0.05) is 6.42 Å². The van der Waals surface area contributed by atoms with Crippen LogP contribution in [0.4, 0.5) is 0 Å². The molecule has 0 aliphatic heterocycles. The number of Topliss-reactive ketones (excluding diaryl/α,β-unsaturated/α-hetero) is 1. The molecule has 84 valence electrons. The largest absolute Gasteiger partial charge is 0.292 e. The first-order valence-corrected chi connectivity index (χ1v) is 5.48. The van der Waals surface area contributed by atoms with Crippen molar-refractivity contribution in [3.63, 3.8) is 0 Å². The molecule has 0 bridgehead atoms. The molecule has 0 saturated carbocycles. The molecule has 3 rings (SSSR count). The first-order valence-electron chi connectivity index (χ1n) is 5.48. The Morgan fingerprint density at radius 2 is 1.82 bits per heavy atom. The second-order valence-corrected chi connectivity index (χ2v) is 4.08. The molecule has 0 saturated heterocycles. The van der Waals surface area contributed by atoms with E-state index in [4.69, 9.17) is 0 Å². The summed E-state index contributed by atoms with van der Waals surface area (Å²) >= 11 is 0. The van der Waals surface area contributed by atoms with Gasteiger partial charge in [-0.3, -0.25) is 4.79 Å². The first kappa shape index (κ1) is 9.96. The highest BCUT2D eigenvalue weighted by atomic mass is 16.1. The van der Waals surface area contributed by atoms with E-state index in [1.165, 1.54) is 4.80 Å². The van der Waals surface area contributed by atoms with E-state index in [2.05, 4.69) is 10.2 Å². The van der Waals surface area contributed by atoms with Gasteiger partial charge in [-0.1, -0.05) is 23.8 Å². The third-order valence-electron chi connectivity index (χ3n) is 2.76. The molecule has 0 spiro atoms. The van der Waals surface area contributed by atoms with Crippen LogP contribution in [0.1, 0.15) is 13.3 Å². The standard InChI is InChI=1S/C13H11N3O/c1-9-6-7-13(17)12(8-9)16-14-10-4-2-3-5-11(10)15-16/h2-6,8H,7H2,1H3. The normalized spacial score (nSPS) is 15.9. The van der Waals surface area contributed by atoms with Crippen LogP contribution in [0.5, 0.6) is 0 Å². The van der Waals surface area contributed by atoms with Crippen molar-refractivity contribution < 1.29 is 4.79 Å². The molecule has 0 radical (unpaired) electrons. The van der Waals surface area contributed by atoms with E-state index in [1.54, 1.807) is 0 Å². The minimum atomic E-state index is 0.0518. The predicted octanol–water partition coefficient (Wildman–Crippen LogP) is 2.19. The van der Waals surface area contributed by atoms with Crippen molar-refractivity contribution in [2.24, 2.45) is 0 Å². The van der Waals surface area contributed by atoms with Gasteiger partial charge in [0.15, 0.2) is 5.78 Å². The summed E-state index contributed by atoms with van der Waals surface area (Å²) in [5.41, 5.74) is 3.21. The van der Waals surface area contributed by atoms with E-state index in [9.17, 15) is 4.79 Å². The number of nitrogens with zero attached hydrogens (tertiary/aromatic N) is 3. The van der Waals surface area contributed by atoms with Gasteiger partial charge in [0.2, 0.25) is 0 Å². The number of ketones is 1. The molecule has 0 atom stereocenters. The van der Waals surface area contributed by atoms with Gasteiger partial charge in [0.05, 0.1) is 0 Å². The van der Waals surface area contributed by atoms with Gasteiger partial charge < -0.3 is 0 Å². The number of hydrogen-bond acceptors (Lipinski definition) is 3. The van der Waals surface area contributed by atoms with Crippen molar-refractivity contribution in [3.8, 4) is 0 Å². The third-order valence-corrected chi connectivity index (χ3v) is 2.76. The number of carbonyl (C=O) groups is 1. The zero-order valence-electron chi connectivity index (χ0n) is 9.42. The fourth-order valence-corrected chi connectivity index (χ4v) is 1.85. The Kier molecular flexibility index (Phi) is 2.14. The van der Waals surface area contributed by atoms with E-state index in [0.717, 1.165) is 16.6 Å². The Labute approximate surface area is 98.2 Å². The Balaban J connectivity index is 2.15. The van der Waals surface area contributed by atoms with Crippen LogP contribution in [-0.4, -0.2) is 20.8 Å². The van der Waals surface area contributed by atoms with Crippen LogP contribution in [0.2, 0.25) is 0 Å². The van der Waals surface area contributed by atoms with E-state index >= 15 is 0 Å². The lowest BCUT2D eigenvalue weighted by atomic mass is 10.0. The van der Waals surface area contributed by atoms with Crippen molar-refractivity contribution in [1.29, 1.82) is 0 Å². The molecular weight excluding hydrogens is 214 g/mol. The molecule has 4 nitrogen and oxygen atoms in total. The summed E-state index contributed by atoms with van der Waals surface area (Å²) in [4.78, 5) is 13.2. The number of benzene rings is 1. The lowest BCUT2D eigenvalue weighted by molar-refractivity contribution is -0.113. The van der Waals surface area contributed by atoms with Gasteiger partial charge >= 0.3 is 0 Å². The molecule has 2 aromatic rings. The summed E-state index contributed by atoms with van der Waals surface area (Å²) in [6, 6.07) is 7.58. The Morgan fingerprint density at radius 3 is 2.47 bits per heavy atom. The number of hydrogen-bond donors (Lipinski definition) is 0. The molecule has 0 N–H and O–H groups in total. The van der Waals surface area contributed by atoms with Gasteiger partial charge in [-0.25, -0.2) is 0 Å². The molecule has 0 unspecified atom stereocenters. The number of aromatic nitrogens is 3.